The number of piperidine rings is 1. The van der Waals surface area contributed by atoms with E-state index >= 15 is 0 Å². The number of amides is 2. The van der Waals surface area contributed by atoms with Crippen molar-refractivity contribution in [1.82, 2.24) is 24.8 Å². The van der Waals surface area contributed by atoms with Gasteiger partial charge in [-0.3, -0.25) is 4.79 Å². The summed E-state index contributed by atoms with van der Waals surface area (Å²) in [4.78, 5) is 34.2. The quantitative estimate of drug-likeness (QED) is 0.407. The molecule has 2 saturated heterocycles. The van der Waals surface area contributed by atoms with Crippen LogP contribution in [0.2, 0.25) is 0 Å². The number of carbonyl (C=O) groups excluding carboxylic acids is 2. The highest BCUT2D eigenvalue weighted by molar-refractivity contribution is 5.96. The summed E-state index contributed by atoms with van der Waals surface area (Å²) >= 11 is 0. The van der Waals surface area contributed by atoms with Gasteiger partial charge < -0.3 is 25.0 Å². The van der Waals surface area contributed by atoms with Gasteiger partial charge in [0.1, 0.15) is 17.7 Å². The van der Waals surface area contributed by atoms with Gasteiger partial charge in [0.15, 0.2) is 5.65 Å². The fourth-order valence-electron chi connectivity index (χ4n) is 6.03. The lowest BCUT2D eigenvalue weighted by Gasteiger charge is -2.45. The molecule has 2 atom stereocenters. The lowest BCUT2D eigenvalue weighted by Crippen LogP contribution is -2.57. The van der Waals surface area contributed by atoms with Gasteiger partial charge in [0.25, 0.3) is 12.3 Å². The minimum atomic E-state index is -2.98. The Morgan fingerprint density at radius 2 is 1.86 bits per heavy atom. The third-order valence-electron chi connectivity index (χ3n) is 8.20. The zero-order chi connectivity index (χ0) is 31.1. The van der Waals surface area contributed by atoms with Crippen molar-refractivity contribution in [2.75, 3.05) is 24.5 Å². The first-order chi connectivity index (χ1) is 20.3. The van der Waals surface area contributed by atoms with E-state index in [0.29, 0.717) is 50.2 Å². The third kappa shape index (κ3) is 6.27. The fourth-order valence-corrected chi connectivity index (χ4v) is 6.03. The second-order valence-corrected chi connectivity index (χ2v) is 12.3. The zero-order valence-electron chi connectivity index (χ0n) is 24.7. The number of hydrogen-bond donors (Lipinski definition) is 2. The van der Waals surface area contributed by atoms with Crippen LogP contribution in [0.25, 0.3) is 5.65 Å². The Morgan fingerprint density at radius 3 is 2.53 bits per heavy atom. The van der Waals surface area contributed by atoms with Crippen molar-refractivity contribution in [3.63, 3.8) is 0 Å². The number of aromatic nitrogens is 3. The Hall–Kier alpha value is -3.87. The maximum atomic E-state index is 14.7. The highest BCUT2D eigenvalue weighted by atomic mass is 19.3. The summed E-state index contributed by atoms with van der Waals surface area (Å²) < 4.78 is 48.2. The number of benzene rings is 1. The number of halogens is 3. The van der Waals surface area contributed by atoms with Crippen molar-refractivity contribution in [2.24, 2.45) is 0 Å². The molecule has 2 aliphatic heterocycles. The van der Waals surface area contributed by atoms with Gasteiger partial charge in [-0.05, 0) is 59.4 Å². The number of rotatable bonds is 6. The highest BCUT2D eigenvalue weighted by Crippen LogP contribution is 2.37. The van der Waals surface area contributed by atoms with Crippen LogP contribution in [0.5, 0.6) is 0 Å². The maximum Gasteiger partial charge on any atom is 0.410 e. The lowest BCUT2D eigenvalue weighted by molar-refractivity contribution is -0.0574. The summed E-state index contributed by atoms with van der Waals surface area (Å²) in [7, 11) is 0. The van der Waals surface area contributed by atoms with Crippen molar-refractivity contribution in [2.45, 2.75) is 83.1 Å². The molecule has 1 unspecified atom stereocenters. The fraction of sp³-hybridized carbons (Fsp3) is 0.533. The van der Waals surface area contributed by atoms with Crippen molar-refractivity contribution in [3.05, 3.63) is 59.3 Å². The first-order valence-electron chi connectivity index (χ1n) is 14.4. The van der Waals surface area contributed by atoms with Gasteiger partial charge in [0.05, 0.1) is 34.5 Å². The first-order valence-corrected chi connectivity index (χ1v) is 14.4. The normalized spacial score (nSPS) is 19.6. The van der Waals surface area contributed by atoms with Gasteiger partial charge in [-0.1, -0.05) is 18.2 Å². The largest absolute Gasteiger partial charge is 0.444 e. The minimum Gasteiger partial charge on any atom is -0.444 e. The summed E-state index contributed by atoms with van der Waals surface area (Å²) in [5.74, 6) is -1.59. The predicted molar refractivity (Wildman–Crippen MR) is 153 cm³/mol. The second kappa shape index (κ2) is 11.7. The number of nitrogens with one attached hydrogen (secondary N) is 1. The summed E-state index contributed by atoms with van der Waals surface area (Å²) in [5.41, 5.74) is -1.15. The molecule has 2 aliphatic rings. The van der Waals surface area contributed by atoms with Crippen LogP contribution < -0.4 is 10.2 Å². The van der Waals surface area contributed by atoms with Gasteiger partial charge in [0, 0.05) is 31.4 Å². The van der Waals surface area contributed by atoms with Gasteiger partial charge in [-0.25, -0.2) is 27.5 Å². The number of fused-ring (bicyclic) bond motifs is 1. The molecule has 232 valence electrons. The molecule has 10 nitrogen and oxygen atoms in total. The van der Waals surface area contributed by atoms with Crippen LogP contribution in [0.1, 0.15) is 87.3 Å². The summed E-state index contributed by atoms with van der Waals surface area (Å²) in [6, 6.07) is 4.12. The Bertz CT molecular complexity index is 1500. The number of likely N-dealkylation sites (tertiary alicyclic amines) is 1. The zero-order valence-corrected chi connectivity index (χ0v) is 24.7. The number of hydrogen-bond acceptors (Lipinski definition) is 7. The number of anilines is 1. The van der Waals surface area contributed by atoms with Gasteiger partial charge in [0.2, 0.25) is 0 Å². The number of ether oxygens (including phenoxy) is 1. The summed E-state index contributed by atoms with van der Waals surface area (Å²) in [5, 5.41) is 18.6. The lowest BCUT2D eigenvalue weighted by atomic mass is 9.83. The smallest absolute Gasteiger partial charge is 0.410 e. The average Bonchev–Trinajstić information content (AvgIpc) is 3.62. The third-order valence-corrected chi connectivity index (χ3v) is 8.20. The van der Waals surface area contributed by atoms with E-state index in [2.05, 4.69) is 15.4 Å². The molecule has 0 aliphatic carbocycles. The van der Waals surface area contributed by atoms with Crippen molar-refractivity contribution >= 4 is 23.3 Å². The molecular formula is C30H37F3N6O4. The van der Waals surface area contributed by atoms with Crippen LogP contribution in [-0.2, 0) is 4.74 Å². The van der Waals surface area contributed by atoms with Crippen molar-refractivity contribution in [1.29, 1.82) is 0 Å². The molecule has 2 N–H and O–H groups in total. The van der Waals surface area contributed by atoms with Crippen LogP contribution >= 0.6 is 0 Å². The van der Waals surface area contributed by atoms with Gasteiger partial charge in [-0.15, -0.1) is 0 Å². The molecule has 0 spiro atoms. The monoisotopic (exact) mass is 602 g/mol. The van der Waals surface area contributed by atoms with E-state index < -0.39 is 47.1 Å². The van der Waals surface area contributed by atoms with Gasteiger partial charge >= 0.3 is 6.09 Å². The minimum absolute atomic E-state index is 0.0455. The molecule has 43 heavy (non-hydrogen) atoms. The topological polar surface area (TPSA) is 112 Å². The molecule has 1 aromatic carbocycles. The molecule has 13 heteroatoms. The van der Waals surface area contributed by atoms with E-state index in [1.165, 1.54) is 36.1 Å². The molecule has 4 heterocycles. The first kappa shape index (κ1) is 30.6. The number of carbonyl (C=O) groups is 2. The molecule has 3 aromatic rings. The van der Waals surface area contributed by atoms with E-state index in [4.69, 9.17) is 4.74 Å². The standard InChI is InChI=1S/C30H37F3N6O4/c1-18(20-7-5-8-21(24(20)31)25(32)33)36-27(40)19-15-22(26-34-17-35-39(26)16-19)37-13-10-30(42,11-14-37)23-9-6-12-38(23)28(41)43-29(2,3)4/h5,7-8,15-18,23,25,42H,6,9-14H2,1-4H3,(H,36,40)/t18-,23?/m1/s1. The van der Waals surface area contributed by atoms with E-state index in [1.807, 2.05) is 25.7 Å². The number of aliphatic hydroxyl groups is 1. The van der Waals surface area contributed by atoms with Crippen molar-refractivity contribution < 1.29 is 32.6 Å². The molecule has 0 saturated carbocycles. The predicted octanol–water partition coefficient (Wildman–Crippen LogP) is 5.03. The highest BCUT2D eigenvalue weighted by Gasteiger charge is 2.47. The molecule has 2 aromatic heterocycles. The Labute approximate surface area is 247 Å². The SMILES string of the molecule is C[C@@H](NC(=O)c1cc(N2CCC(O)(C3CCCN3C(=O)OC(C)(C)C)CC2)c2ncnn2c1)c1cccc(C(F)F)c1F. The average molecular weight is 603 g/mol. The Kier molecular flexibility index (Phi) is 8.30. The Morgan fingerprint density at radius 1 is 1.16 bits per heavy atom. The van der Waals surface area contributed by atoms with Crippen LogP contribution in [-0.4, -0.2) is 73.5 Å². The van der Waals surface area contributed by atoms with E-state index in [9.17, 15) is 27.9 Å². The van der Waals surface area contributed by atoms with Gasteiger partial charge in [-0.2, -0.15) is 5.10 Å². The van der Waals surface area contributed by atoms with E-state index in [-0.39, 0.29) is 17.2 Å². The van der Waals surface area contributed by atoms with Crippen LogP contribution in [0.4, 0.5) is 23.7 Å². The molecule has 5 rings (SSSR count). The summed E-state index contributed by atoms with van der Waals surface area (Å²) in [6.45, 7) is 8.36. The van der Waals surface area contributed by atoms with Crippen molar-refractivity contribution in [3.8, 4) is 0 Å². The van der Waals surface area contributed by atoms with Crippen LogP contribution in [0, 0.1) is 5.82 Å². The molecule has 0 radical (unpaired) electrons. The number of alkyl halides is 2. The molecular weight excluding hydrogens is 565 g/mol. The van der Waals surface area contributed by atoms with Crippen LogP contribution in [0.3, 0.4) is 0 Å². The van der Waals surface area contributed by atoms with E-state index in [0.717, 1.165) is 12.5 Å². The number of nitrogens with zero attached hydrogens (tertiary/aromatic N) is 5. The Balaban J connectivity index is 1.32. The van der Waals surface area contributed by atoms with Crippen LogP contribution in [0.15, 0.2) is 36.8 Å². The molecule has 2 amide bonds. The second-order valence-electron chi connectivity index (χ2n) is 12.3. The maximum absolute atomic E-state index is 14.7. The molecule has 2 fully saturated rings. The number of pyridine rings is 1. The van der Waals surface area contributed by atoms with E-state index in [1.54, 1.807) is 11.0 Å². The summed E-state index contributed by atoms with van der Waals surface area (Å²) in [6.07, 6.45) is 1.68. The molecule has 0 bridgehead atoms.